The van der Waals surface area contributed by atoms with Crippen molar-refractivity contribution in [2.75, 3.05) is 47.0 Å². The van der Waals surface area contributed by atoms with E-state index in [1.807, 2.05) is 38.2 Å². The molecule has 65 heavy (non-hydrogen) atoms. The van der Waals surface area contributed by atoms with E-state index in [1.54, 1.807) is 37.4 Å². The molecule has 4 atom stereocenters. The predicted octanol–water partition coefficient (Wildman–Crippen LogP) is 5.28. The van der Waals surface area contributed by atoms with Gasteiger partial charge in [0.25, 0.3) is 5.91 Å². The van der Waals surface area contributed by atoms with Crippen molar-refractivity contribution in [3.05, 3.63) is 71.5 Å². The number of aromatic nitrogens is 2. The second-order valence-electron chi connectivity index (χ2n) is 19.1. The smallest absolute Gasteiger partial charge is 0.324 e. The van der Waals surface area contributed by atoms with Crippen molar-refractivity contribution in [3.8, 4) is 28.1 Å². The largest absolute Gasteiger partial charge is 0.508 e. The van der Waals surface area contributed by atoms with Crippen molar-refractivity contribution in [3.63, 3.8) is 0 Å². The van der Waals surface area contributed by atoms with Gasteiger partial charge in [-0.1, -0.05) is 39.8 Å². The number of carbonyl (C=O) groups is 5. The first-order valence-electron chi connectivity index (χ1n) is 23.0. The number of hydrogen-bond donors (Lipinski definition) is 3. The molecule has 3 aliphatic heterocycles. The normalized spacial score (nSPS) is 20.7. The Morgan fingerprint density at radius 1 is 1.08 bits per heavy atom. The molecule has 15 heteroatoms. The summed E-state index contributed by atoms with van der Waals surface area (Å²) in [5.41, 5.74) is 10.0. The van der Waals surface area contributed by atoms with Gasteiger partial charge >= 0.3 is 5.97 Å². The molecule has 2 fully saturated rings. The third-order valence-electron chi connectivity index (χ3n) is 13.2. The van der Waals surface area contributed by atoms with E-state index in [0.717, 1.165) is 44.4 Å². The molecule has 348 valence electrons. The highest BCUT2D eigenvalue weighted by molar-refractivity contribution is 5.96. The summed E-state index contributed by atoms with van der Waals surface area (Å²) in [6, 6.07) is 10.6. The lowest BCUT2D eigenvalue weighted by atomic mass is 9.84. The van der Waals surface area contributed by atoms with Crippen LogP contribution in [-0.2, 0) is 59.3 Å². The van der Waals surface area contributed by atoms with E-state index >= 15 is 0 Å². The number of nitrogens with one attached hydrogen (secondary N) is 2. The van der Waals surface area contributed by atoms with Crippen LogP contribution < -0.4 is 10.7 Å². The molecular weight excluding hydrogens is 827 g/mol. The van der Waals surface area contributed by atoms with Gasteiger partial charge in [-0.05, 0) is 103 Å². The molecule has 0 unspecified atom stereocenters. The fourth-order valence-corrected chi connectivity index (χ4v) is 9.94. The summed E-state index contributed by atoms with van der Waals surface area (Å²) in [6.45, 7) is 13.8. The van der Waals surface area contributed by atoms with E-state index in [9.17, 15) is 29.1 Å². The molecule has 3 N–H and O–H groups in total. The van der Waals surface area contributed by atoms with Crippen LogP contribution in [0.3, 0.4) is 0 Å². The summed E-state index contributed by atoms with van der Waals surface area (Å²) in [6.07, 6.45) is 6.44. The van der Waals surface area contributed by atoms with Gasteiger partial charge in [0.15, 0.2) is 0 Å². The lowest BCUT2D eigenvalue weighted by Crippen LogP contribution is -2.62. The molecule has 15 nitrogen and oxygen atoms in total. The summed E-state index contributed by atoms with van der Waals surface area (Å²) in [5, 5.41) is 16.7. The average Bonchev–Trinajstić information content (AvgIpc) is 3.89. The number of likely N-dealkylation sites (N-methyl/N-ethyl adjacent to an activating group) is 1. The molecular formula is C50H65N7O8. The van der Waals surface area contributed by atoms with Crippen LogP contribution in [0.15, 0.2) is 54.9 Å². The van der Waals surface area contributed by atoms with E-state index in [-0.39, 0.29) is 49.6 Å². The molecule has 0 saturated carbocycles. The number of aryl methyl sites for hydroxylation is 1. The lowest BCUT2D eigenvalue weighted by Gasteiger charge is -2.37. The van der Waals surface area contributed by atoms with Gasteiger partial charge in [-0.3, -0.25) is 34.0 Å². The number of rotatable bonds is 10. The molecule has 0 spiro atoms. The molecule has 5 heterocycles. The van der Waals surface area contributed by atoms with E-state index in [0.29, 0.717) is 57.4 Å². The zero-order chi connectivity index (χ0) is 46.7. The minimum atomic E-state index is -1.15. The fourth-order valence-electron chi connectivity index (χ4n) is 9.94. The molecule has 4 aromatic rings. The van der Waals surface area contributed by atoms with Crippen LogP contribution in [0.25, 0.3) is 33.3 Å². The maximum absolute atomic E-state index is 14.7. The minimum Gasteiger partial charge on any atom is -0.508 e. The molecule has 2 aromatic heterocycles. The number of cyclic esters (lactones) is 1. The van der Waals surface area contributed by atoms with Crippen LogP contribution in [-0.4, -0.2) is 124 Å². The number of aromatic hydroxyl groups is 1. The SMILES string of the molecule is CCn1c(-c2cnccc2CCOC)c2c3cc(ccc31)-c1cc(O)cc(c1)C[C@H](NC(=O)[C@H](C(C)C)N(C)C(=O)[C@H]1CCN(C(C)=O)C1)C(=O)N1CCC[C@H](N1)C(=O)OCC(C)(C)C2. The maximum Gasteiger partial charge on any atom is 0.324 e. The molecule has 2 aromatic carbocycles. The second-order valence-corrected chi connectivity index (χ2v) is 19.1. The Morgan fingerprint density at radius 2 is 1.86 bits per heavy atom. The Kier molecular flexibility index (Phi) is 14.3. The number of hydrazine groups is 1. The predicted molar refractivity (Wildman–Crippen MR) is 247 cm³/mol. The van der Waals surface area contributed by atoms with Crippen molar-refractivity contribution in [1.82, 2.24) is 35.1 Å². The van der Waals surface area contributed by atoms with Crippen LogP contribution in [0, 0.1) is 17.3 Å². The first kappa shape index (κ1) is 47.2. The van der Waals surface area contributed by atoms with Gasteiger partial charge in [0.2, 0.25) is 17.7 Å². The Morgan fingerprint density at radius 3 is 2.57 bits per heavy atom. The zero-order valence-corrected chi connectivity index (χ0v) is 39.1. The number of pyridine rings is 1. The van der Waals surface area contributed by atoms with E-state index in [2.05, 4.69) is 53.2 Å². The van der Waals surface area contributed by atoms with Gasteiger partial charge in [0.1, 0.15) is 23.9 Å². The number of amides is 4. The van der Waals surface area contributed by atoms with Gasteiger partial charge in [-0.15, -0.1) is 0 Å². The quantitative estimate of drug-likeness (QED) is 0.178. The summed E-state index contributed by atoms with van der Waals surface area (Å²) < 4.78 is 13.9. The Hall–Kier alpha value is -5.80. The highest BCUT2D eigenvalue weighted by atomic mass is 16.5. The first-order chi connectivity index (χ1) is 31.0. The number of carbonyl (C=O) groups excluding carboxylic acids is 5. The second kappa shape index (κ2) is 19.7. The van der Waals surface area contributed by atoms with Crippen LogP contribution in [0.2, 0.25) is 0 Å². The highest BCUT2D eigenvalue weighted by Gasteiger charge is 2.40. The zero-order valence-electron chi connectivity index (χ0n) is 39.1. The number of esters is 1. The maximum atomic E-state index is 14.7. The number of fused-ring (bicyclic) bond motifs is 6. The minimum absolute atomic E-state index is 0.00123. The summed E-state index contributed by atoms with van der Waals surface area (Å²) >= 11 is 0. The van der Waals surface area contributed by atoms with E-state index < -0.39 is 47.2 Å². The van der Waals surface area contributed by atoms with Gasteiger partial charge in [0, 0.05) is 88.0 Å². The van der Waals surface area contributed by atoms with Crippen molar-refractivity contribution >= 4 is 40.5 Å². The van der Waals surface area contributed by atoms with Crippen LogP contribution in [0.5, 0.6) is 5.75 Å². The van der Waals surface area contributed by atoms with Crippen LogP contribution >= 0.6 is 0 Å². The topological polar surface area (TPSA) is 176 Å². The Balaban J connectivity index is 1.31. The van der Waals surface area contributed by atoms with E-state index in [1.165, 1.54) is 16.8 Å². The third-order valence-corrected chi connectivity index (χ3v) is 13.2. The molecule has 6 bridgehead atoms. The number of hydrogen-bond acceptors (Lipinski definition) is 10. The van der Waals surface area contributed by atoms with Crippen LogP contribution in [0.1, 0.15) is 77.5 Å². The molecule has 3 aliphatic rings. The number of likely N-dealkylation sites (tertiary alicyclic amines) is 1. The molecule has 7 rings (SSSR count). The van der Waals surface area contributed by atoms with Gasteiger partial charge in [0.05, 0.1) is 24.8 Å². The van der Waals surface area contributed by atoms with Crippen molar-refractivity contribution < 1.29 is 38.6 Å². The fraction of sp³-hybridized carbons (Fsp3) is 0.520. The van der Waals surface area contributed by atoms with Crippen LogP contribution in [0.4, 0.5) is 0 Å². The summed E-state index contributed by atoms with van der Waals surface area (Å²) in [5.74, 6) is -2.58. The third kappa shape index (κ3) is 10.2. The average molecular weight is 892 g/mol. The lowest BCUT2D eigenvalue weighted by molar-refractivity contribution is -0.155. The number of ether oxygens (including phenoxy) is 2. The molecule has 2 saturated heterocycles. The number of benzene rings is 2. The van der Waals surface area contributed by atoms with Gasteiger partial charge in [-0.25, -0.2) is 5.43 Å². The first-order valence-corrected chi connectivity index (χ1v) is 23.0. The Labute approximate surface area is 381 Å². The molecule has 4 amide bonds. The number of phenols is 1. The standard InChI is InChI=1S/C50H65N7O8/c1-9-56-43-13-12-34-25-38(43)39(45(56)40-27-51-17-14-33(40)16-20-64-8)26-50(5,6)29-65-49(63)41-11-10-18-57(53-41)48(62)42(23-32-21-36(34)24-37(59)22-32)52-46(60)44(30(2)3)54(7)47(61)35-15-19-55(28-35)31(4)58/h12-14,17,21-22,24-25,27,30,35,41-42,44,53,59H,9-11,15-16,18-20,23,26,28-29H2,1-8H3,(H,52,60)/t35-,41-,42-,44-/m0/s1. The highest BCUT2D eigenvalue weighted by Crippen LogP contribution is 2.41. The molecule has 0 radical (unpaired) electrons. The van der Waals surface area contributed by atoms with Crippen molar-refractivity contribution in [1.29, 1.82) is 0 Å². The van der Waals surface area contributed by atoms with Crippen molar-refractivity contribution in [2.45, 2.75) is 105 Å². The number of phenolic OH excluding ortho intramolecular Hbond substituents is 1. The number of nitrogens with zero attached hydrogens (tertiary/aromatic N) is 5. The summed E-state index contributed by atoms with van der Waals surface area (Å²) in [7, 11) is 3.29. The Bertz CT molecular complexity index is 2440. The van der Waals surface area contributed by atoms with Crippen molar-refractivity contribution in [2.24, 2.45) is 17.3 Å². The van der Waals surface area contributed by atoms with Gasteiger partial charge < -0.3 is 34.3 Å². The monoisotopic (exact) mass is 891 g/mol. The van der Waals surface area contributed by atoms with E-state index in [4.69, 9.17) is 9.47 Å². The number of methoxy groups -OCH3 is 1. The van der Waals surface area contributed by atoms with Gasteiger partial charge in [-0.2, -0.15) is 0 Å². The molecule has 0 aliphatic carbocycles. The summed E-state index contributed by atoms with van der Waals surface area (Å²) in [4.78, 5) is 76.6.